The molecule has 2 bridgehead atoms. The number of ether oxygens (including phenoxy) is 3. The van der Waals surface area contributed by atoms with E-state index in [2.05, 4.69) is 17.0 Å². The molecule has 4 aliphatic heterocycles. The Bertz CT molecular complexity index is 1560. The second kappa shape index (κ2) is 9.33. The number of carbonyl (C=O) groups excluding carboxylic acids is 2. The van der Waals surface area contributed by atoms with Crippen LogP contribution in [0.3, 0.4) is 0 Å². The number of hydrogen-bond acceptors (Lipinski definition) is 7. The van der Waals surface area contributed by atoms with Gasteiger partial charge in [0, 0.05) is 36.7 Å². The number of nitriles is 1. The summed E-state index contributed by atoms with van der Waals surface area (Å²) >= 11 is 0. The van der Waals surface area contributed by atoms with Gasteiger partial charge in [-0.2, -0.15) is 5.26 Å². The van der Waals surface area contributed by atoms with Gasteiger partial charge >= 0.3 is 0 Å². The summed E-state index contributed by atoms with van der Waals surface area (Å²) in [6.07, 6.45) is 1.90. The number of morpholine rings is 1. The summed E-state index contributed by atoms with van der Waals surface area (Å²) in [5.74, 6) is -0.957. The van der Waals surface area contributed by atoms with Crippen LogP contribution in [0.2, 0.25) is 0 Å². The first kappa shape index (κ1) is 25.1. The summed E-state index contributed by atoms with van der Waals surface area (Å²) in [7, 11) is 0. The van der Waals surface area contributed by atoms with Crippen molar-refractivity contribution in [2.45, 2.75) is 37.4 Å². The lowest BCUT2D eigenvalue weighted by Gasteiger charge is -2.31. The van der Waals surface area contributed by atoms with Crippen LogP contribution < -0.4 is 14.5 Å². The minimum absolute atomic E-state index is 0.273. The molecule has 8 heteroatoms. The first-order valence-corrected chi connectivity index (χ1v) is 14.0. The van der Waals surface area contributed by atoms with Crippen LogP contribution in [0.1, 0.15) is 31.7 Å². The van der Waals surface area contributed by atoms with E-state index in [0.29, 0.717) is 50.3 Å². The predicted octanol–water partition coefficient (Wildman–Crippen LogP) is 4.44. The molecule has 0 aromatic heterocycles. The highest BCUT2D eigenvalue weighted by Crippen LogP contribution is 2.62. The van der Waals surface area contributed by atoms with Crippen LogP contribution in [0, 0.1) is 23.2 Å². The molecule has 0 spiro atoms. The Morgan fingerprint density at radius 1 is 1.00 bits per heavy atom. The summed E-state index contributed by atoms with van der Waals surface area (Å²) in [6.45, 7) is 5.44. The molecule has 3 aromatic rings. The lowest BCUT2D eigenvalue weighted by atomic mass is 9.67. The van der Waals surface area contributed by atoms with E-state index in [1.165, 1.54) is 4.90 Å². The number of amides is 2. The van der Waals surface area contributed by atoms with E-state index in [1.807, 2.05) is 55.5 Å². The van der Waals surface area contributed by atoms with Gasteiger partial charge in [0.2, 0.25) is 11.8 Å². The molecule has 204 valence electrons. The number of rotatable bonds is 6. The van der Waals surface area contributed by atoms with E-state index in [1.54, 1.807) is 6.07 Å². The maximum Gasteiger partial charge on any atom is 0.240 e. The molecule has 0 radical (unpaired) electrons. The molecule has 0 N–H and O–H groups in total. The number of imide groups is 1. The van der Waals surface area contributed by atoms with Crippen LogP contribution >= 0.6 is 0 Å². The number of benzene rings is 3. The molecular weight excluding hydrogens is 506 g/mol. The molecule has 0 saturated carbocycles. The fraction of sp³-hybridized carbons (Fsp3) is 0.406. The quantitative estimate of drug-likeness (QED) is 0.429. The van der Waals surface area contributed by atoms with E-state index >= 15 is 0 Å². The molecule has 4 unspecified atom stereocenters. The molecule has 4 aliphatic rings. The maximum absolute atomic E-state index is 14.1. The van der Waals surface area contributed by atoms with Crippen molar-refractivity contribution in [1.82, 2.24) is 0 Å². The van der Waals surface area contributed by atoms with E-state index in [9.17, 15) is 14.9 Å². The topological polar surface area (TPSA) is 92.1 Å². The lowest BCUT2D eigenvalue weighted by Crippen LogP contribution is -2.43. The van der Waals surface area contributed by atoms with E-state index in [0.717, 1.165) is 35.3 Å². The van der Waals surface area contributed by atoms with Crippen LogP contribution in [0.15, 0.2) is 60.7 Å². The fourth-order valence-electron chi connectivity index (χ4n) is 7.34. The van der Waals surface area contributed by atoms with Crippen LogP contribution in [0.25, 0.3) is 10.8 Å². The van der Waals surface area contributed by atoms with Crippen molar-refractivity contribution >= 4 is 34.0 Å². The summed E-state index contributed by atoms with van der Waals surface area (Å²) < 4.78 is 18.3. The Balaban J connectivity index is 1.14. The van der Waals surface area contributed by atoms with Gasteiger partial charge < -0.3 is 19.1 Å². The van der Waals surface area contributed by atoms with Crippen molar-refractivity contribution in [3.05, 3.63) is 66.2 Å². The average molecular weight is 538 g/mol. The zero-order valence-electron chi connectivity index (χ0n) is 22.5. The number of carbonyl (C=O) groups is 2. The molecule has 0 aliphatic carbocycles. The number of anilines is 2. The highest BCUT2D eigenvalue weighted by molar-refractivity contribution is 6.24. The van der Waals surface area contributed by atoms with Gasteiger partial charge in [-0.25, -0.2) is 4.90 Å². The van der Waals surface area contributed by atoms with Gasteiger partial charge in [0.25, 0.3) is 0 Å². The SMILES string of the molecule is CC12CCC(CCOc3cccc(N4CCOCC4)c3)(O1)C1C(=O)N(c3ccc4ccccc4c3C#N)C(=O)C12. The Hall–Kier alpha value is -3.93. The Kier molecular flexibility index (Phi) is 5.84. The highest BCUT2D eigenvalue weighted by Gasteiger charge is 2.74. The minimum Gasteiger partial charge on any atom is -0.493 e. The normalized spacial score (nSPS) is 29.2. The second-order valence-electron chi connectivity index (χ2n) is 11.4. The standard InChI is InChI=1S/C32H31N3O5/c1-31-11-12-32(40-31,13-16-39-23-7-4-6-22(19-23)34-14-17-38-18-15-34)28-27(31)29(36)35(30(28)37)26-10-9-21-5-2-3-8-24(21)25(26)20-33/h2-10,19,27-28H,11-18H2,1H3. The van der Waals surface area contributed by atoms with Crippen molar-refractivity contribution in [2.75, 3.05) is 42.7 Å². The average Bonchev–Trinajstić information content (AvgIpc) is 3.57. The zero-order valence-corrected chi connectivity index (χ0v) is 22.5. The summed E-state index contributed by atoms with van der Waals surface area (Å²) in [5.41, 5.74) is 0.314. The molecule has 8 nitrogen and oxygen atoms in total. The molecule has 4 atom stereocenters. The number of hydrogen-bond donors (Lipinski definition) is 0. The zero-order chi connectivity index (χ0) is 27.5. The van der Waals surface area contributed by atoms with Gasteiger partial charge in [-0.05, 0) is 43.4 Å². The highest BCUT2D eigenvalue weighted by atomic mass is 16.5. The van der Waals surface area contributed by atoms with Gasteiger partial charge in [-0.15, -0.1) is 0 Å². The monoisotopic (exact) mass is 537 g/mol. The number of nitrogens with zero attached hydrogens (tertiary/aromatic N) is 3. The summed E-state index contributed by atoms with van der Waals surface area (Å²) in [5, 5.41) is 11.7. The second-order valence-corrected chi connectivity index (χ2v) is 11.4. The molecule has 4 fully saturated rings. The van der Waals surface area contributed by atoms with Crippen molar-refractivity contribution in [3.8, 4) is 11.8 Å². The predicted molar refractivity (Wildman–Crippen MR) is 149 cm³/mol. The first-order valence-electron chi connectivity index (χ1n) is 14.0. The Morgan fingerprint density at radius 3 is 2.62 bits per heavy atom. The van der Waals surface area contributed by atoms with Gasteiger partial charge in [-0.1, -0.05) is 36.4 Å². The van der Waals surface area contributed by atoms with E-state index in [-0.39, 0.29) is 11.8 Å². The lowest BCUT2D eigenvalue weighted by molar-refractivity contribution is -0.131. The largest absolute Gasteiger partial charge is 0.493 e. The Labute approximate surface area is 233 Å². The number of fused-ring (bicyclic) bond motifs is 6. The molecule has 3 aromatic carbocycles. The van der Waals surface area contributed by atoms with Crippen LogP contribution in [-0.4, -0.2) is 55.9 Å². The third kappa shape index (κ3) is 3.72. The van der Waals surface area contributed by atoms with Gasteiger partial charge in [0.05, 0.1) is 54.1 Å². The third-order valence-corrected chi connectivity index (χ3v) is 9.26. The molecule has 7 rings (SSSR count). The van der Waals surface area contributed by atoms with E-state index in [4.69, 9.17) is 14.2 Å². The molecule has 2 amide bonds. The molecular formula is C32H31N3O5. The van der Waals surface area contributed by atoms with Crippen molar-refractivity contribution in [1.29, 1.82) is 5.26 Å². The van der Waals surface area contributed by atoms with Crippen molar-refractivity contribution in [2.24, 2.45) is 11.8 Å². The summed E-state index contributed by atoms with van der Waals surface area (Å²) in [4.78, 5) is 31.5. The van der Waals surface area contributed by atoms with Crippen molar-refractivity contribution in [3.63, 3.8) is 0 Å². The minimum atomic E-state index is -0.771. The molecule has 4 saturated heterocycles. The fourth-order valence-corrected chi connectivity index (χ4v) is 7.34. The van der Waals surface area contributed by atoms with Gasteiger partial charge in [0.1, 0.15) is 11.8 Å². The smallest absolute Gasteiger partial charge is 0.240 e. The van der Waals surface area contributed by atoms with E-state index < -0.39 is 23.0 Å². The van der Waals surface area contributed by atoms with Gasteiger partial charge in [-0.3, -0.25) is 9.59 Å². The van der Waals surface area contributed by atoms with Gasteiger partial charge in [0.15, 0.2) is 0 Å². The third-order valence-electron chi connectivity index (χ3n) is 9.26. The maximum atomic E-state index is 14.1. The molecule has 40 heavy (non-hydrogen) atoms. The van der Waals surface area contributed by atoms with Crippen LogP contribution in [-0.2, 0) is 19.1 Å². The van der Waals surface area contributed by atoms with Crippen molar-refractivity contribution < 1.29 is 23.8 Å². The molecule has 4 heterocycles. The van der Waals surface area contributed by atoms with Crippen LogP contribution in [0.5, 0.6) is 5.75 Å². The first-order chi connectivity index (χ1) is 19.4. The summed E-state index contributed by atoms with van der Waals surface area (Å²) in [6, 6.07) is 21.4. The van der Waals surface area contributed by atoms with Crippen LogP contribution in [0.4, 0.5) is 11.4 Å². The Morgan fingerprint density at radius 2 is 1.80 bits per heavy atom.